The zero-order chi connectivity index (χ0) is 22.5. The number of piperazine rings is 1. The summed E-state index contributed by atoms with van der Waals surface area (Å²) in [6.45, 7) is 5.64. The fourth-order valence-corrected chi connectivity index (χ4v) is 4.03. The number of ether oxygens (including phenoxy) is 2. The molecule has 4 rings (SSSR count). The molecular weight excluding hydrogens is 415 g/mol. The van der Waals surface area contributed by atoms with Crippen LogP contribution in [0.25, 0.3) is 0 Å². The van der Waals surface area contributed by atoms with Crippen LogP contribution >= 0.6 is 0 Å². The van der Waals surface area contributed by atoms with E-state index >= 15 is 0 Å². The first-order chi connectivity index (χ1) is 15.5. The van der Waals surface area contributed by atoms with E-state index in [0.29, 0.717) is 18.0 Å². The summed E-state index contributed by atoms with van der Waals surface area (Å²) in [5, 5.41) is 5.28. The molecule has 0 aliphatic carbocycles. The van der Waals surface area contributed by atoms with Crippen LogP contribution in [0.1, 0.15) is 18.5 Å². The van der Waals surface area contributed by atoms with Crippen molar-refractivity contribution in [3.8, 4) is 11.5 Å². The molecule has 8 nitrogen and oxygen atoms in total. The van der Waals surface area contributed by atoms with Crippen molar-refractivity contribution in [2.24, 2.45) is 0 Å². The van der Waals surface area contributed by atoms with Gasteiger partial charge in [0.1, 0.15) is 5.82 Å². The van der Waals surface area contributed by atoms with Crippen molar-refractivity contribution in [3.63, 3.8) is 0 Å². The number of nitrogens with zero attached hydrogens (tertiary/aromatic N) is 2. The Morgan fingerprint density at radius 2 is 1.66 bits per heavy atom. The molecule has 2 aromatic rings. The molecule has 0 bridgehead atoms. The van der Waals surface area contributed by atoms with Gasteiger partial charge in [0.25, 0.3) is 0 Å². The van der Waals surface area contributed by atoms with Gasteiger partial charge in [-0.1, -0.05) is 6.07 Å². The van der Waals surface area contributed by atoms with Crippen LogP contribution in [-0.2, 0) is 9.59 Å². The maximum absolute atomic E-state index is 13.3. The number of amides is 2. The van der Waals surface area contributed by atoms with E-state index in [-0.39, 0.29) is 25.2 Å². The van der Waals surface area contributed by atoms with Crippen LogP contribution < -0.4 is 25.0 Å². The van der Waals surface area contributed by atoms with Crippen LogP contribution in [-0.4, -0.2) is 62.8 Å². The smallest absolute Gasteiger partial charge is 0.309 e. The largest absolute Gasteiger partial charge is 0.454 e. The molecule has 1 atom stereocenters. The first-order valence-electron chi connectivity index (χ1n) is 10.8. The molecule has 0 radical (unpaired) electrons. The predicted molar refractivity (Wildman–Crippen MR) is 117 cm³/mol. The van der Waals surface area contributed by atoms with E-state index in [1.54, 1.807) is 19.1 Å². The Balaban J connectivity index is 1.47. The van der Waals surface area contributed by atoms with Crippen molar-refractivity contribution in [2.75, 3.05) is 51.0 Å². The Kier molecular flexibility index (Phi) is 6.75. The van der Waals surface area contributed by atoms with Crippen LogP contribution in [0, 0.1) is 5.82 Å². The fourth-order valence-electron chi connectivity index (χ4n) is 4.03. The van der Waals surface area contributed by atoms with Crippen molar-refractivity contribution < 1.29 is 23.5 Å². The summed E-state index contributed by atoms with van der Waals surface area (Å²) in [4.78, 5) is 28.5. The van der Waals surface area contributed by atoms with Crippen molar-refractivity contribution >= 4 is 17.5 Å². The maximum Gasteiger partial charge on any atom is 0.309 e. The van der Waals surface area contributed by atoms with E-state index in [9.17, 15) is 14.0 Å². The SMILES string of the molecule is CCNC(=O)C(=O)NCC(c1ccc2c(c1)OCO2)N1CCN(c2ccc(F)cc2)CC1. The second-order valence-corrected chi connectivity index (χ2v) is 7.70. The van der Waals surface area contributed by atoms with Crippen molar-refractivity contribution in [1.29, 1.82) is 0 Å². The molecule has 1 saturated heterocycles. The number of hydrogen-bond donors (Lipinski definition) is 2. The highest BCUT2D eigenvalue weighted by Gasteiger charge is 2.28. The number of nitrogens with one attached hydrogen (secondary N) is 2. The molecule has 2 N–H and O–H groups in total. The van der Waals surface area contributed by atoms with Gasteiger partial charge < -0.3 is 25.0 Å². The molecule has 2 amide bonds. The molecule has 32 heavy (non-hydrogen) atoms. The summed E-state index contributed by atoms with van der Waals surface area (Å²) < 4.78 is 24.2. The summed E-state index contributed by atoms with van der Waals surface area (Å²) in [6.07, 6.45) is 0. The molecule has 1 unspecified atom stereocenters. The lowest BCUT2D eigenvalue weighted by atomic mass is 10.0. The van der Waals surface area contributed by atoms with E-state index in [4.69, 9.17) is 9.47 Å². The Bertz CT molecular complexity index is 961. The summed E-state index contributed by atoms with van der Waals surface area (Å²) >= 11 is 0. The quantitative estimate of drug-likeness (QED) is 0.663. The van der Waals surface area contributed by atoms with Gasteiger partial charge in [0, 0.05) is 45.0 Å². The Hall–Kier alpha value is -3.33. The average molecular weight is 442 g/mol. The minimum Gasteiger partial charge on any atom is -0.454 e. The van der Waals surface area contributed by atoms with Crippen LogP contribution in [0.2, 0.25) is 0 Å². The fraction of sp³-hybridized carbons (Fsp3) is 0.391. The monoisotopic (exact) mass is 442 g/mol. The topological polar surface area (TPSA) is 83.1 Å². The Labute approximate surface area is 186 Å². The third-order valence-corrected chi connectivity index (χ3v) is 5.73. The van der Waals surface area contributed by atoms with E-state index in [0.717, 1.165) is 37.4 Å². The maximum atomic E-state index is 13.3. The lowest BCUT2D eigenvalue weighted by molar-refractivity contribution is -0.139. The highest BCUT2D eigenvalue weighted by Crippen LogP contribution is 2.35. The summed E-state index contributed by atoms with van der Waals surface area (Å²) in [6, 6.07) is 12.1. The third-order valence-electron chi connectivity index (χ3n) is 5.73. The molecule has 1 fully saturated rings. The predicted octanol–water partition coefficient (Wildman–Crippen LogP) is 1.67. The van der Waals surface area contributed by atoms with Crippen LogP contribution in [0.4, 0.5) is 10.1 Å². The molecule has 0 spiro atoms. The number of carbonyl (C=O) groups excluding carboxylic acids is 2. The molecule has 0 saturated carbocycles. The number of likely N-dealkylation sites (N-methyl/N-ethyl adjacent to an activating group) is 1. The summed E-state index contributed by atoms with van der Waals surface area (Å²) in [5.41, 5.74) is 1.95. The van der Waals surface area contributed by atoms with Gasteiger partial charge in [0.05, 0.1) is 6.04 Å². The minimum absolute atomic E-state index is 0.141. The average Bonchev–Trinajstić information content (AvgIpc) is 3.28. The summed E-state index contributed by atoms with van der Waals surface area (Å²) in [7, 11) is 0. The second-order valence-electron chi connectivity index (χ2n) is 7.70. The van der Waals surface area contributed by atoms with Gasteiger partial charge in [-0.3, -0.25) is 14.5 Å². The Morgan fingerprint density at radius 1 is 0.969 bits per heavy atom. The van der Waals surface area contributed by atoms with Crippen molar-refractivity contribution in [1.82, 2.24) is 15.5 Å². The van der Waals surface area contributed by atoms with E-state index in [2.05, 4.69) is 20.4 Å². The molecule has 2 aliphatic heterocycles. The van der Waals surface area contributed by atoms with Gasteiger partial charge in [-0.2, -0.15) is 0 Å². The third kappa shape index (κ3) is 4.94. The van der Waals surface area contributed by atoms with Gasteiger partial charge in [-0.15, -0.1) is 0 Å². The van der Waals surface area contributed by atoms with Crippen LogP contribution in [0.15, 0.2) is 42.5 Å². The first kappa shape index (κ1) is 21.9. The highest BCUT2D eigenvalue weighted by atomic mass is 19.1. The van der Waals surface area contributed by atoms with Gasteiger partial charge in [-0.05, 0) is 48.9 Å². The number of anilines is 1. The number of rotatable bonds is 6. The normalized spacial score (nSPS) is 16.5. The van der Waals surface area contributed by atoms with Crippen LogP contribution in [0.5, 0.6) is 11.5 Å². The van der Waals surface area contributed by atoms with Gasteiger partial charge in [0.15, 0.2) is 11.5 Å². The minimum atomic E-state index is -0.650. The van der Waals surface area contributed by atoms with Crippen molar-refractivity contribution in [2.45, 2.75) is 13.0 Å². The standard InChI is InChI=1S/C23H27FN4O4/c1-2-25-22(29)23(30)26-14-19(16-3-8-20-21(13-16)32-15-31-20)28-11-9-27(10-12-28)18-6-4-17(24)5-7-18/h3-8,13,19H,2,9-12,14-15H2,1H3,(H,25,29)(H,26,30). The number of benzene rings is 2. The van der Waals surface area contributed by atoms with Crippen molar-refractivity contribution in [3.05, 3.63) is 53.8 Å². The second kappa shape index (κ2) is 9.86. The lowest BCUT2D eigenvalue weighted by Crippen LogP contribution is -2.50. The molecule has 2 heterocycles. The molecule has 2 aromatic carbocycles. The van der Waals surface area contributed by atoms with E-state index in [1.165, 1.54) is 12.1 Å². The van der Waals surface area contributed by atoms with Gasteiger partial charge >= 0.3 is 11.8 Å². The zero-order valence-corrected chi connectivity index (χ0v) is 18.0. The molecule has 170 valence electrons. The van der Waals surface area contributed by atoms with E-state index in [1.807, 2.05) is 18.2 Å². The van der Waals surface area contributed by atoms with Gasteiger partial charge in [0.2, 0.25) is 6.79 Å². The number of carbonyl (C=O) groups is 2. The van der Waals surface area contributed by atoms with Crippen LogP contribution in [0.3, 0.4) is 0 Å². The molecule has 0 aromatic heterocycles. The highest BCUT2D eigenvalue weighted by molar-refractivity contribution is 6.35. The molecule has 2 aliphatic rings. The number of hydrogen-bond acceptors (Lipinski definition) is 6. The van der Waals surface area contributed by atoms with E-state index < -0.39 is 11.8 Å². The number of fused-ring (bicyclic) bond motifs is 1. The lowest BCUT2D eigenvalue weighted by Gasteiger charge is -2.40. The summed E-state index contributed by atoms with van der Waals surface area (Å²) in [5.74, 6) is -0.175. The molecular formula is C23H27FN4O4. The Morgan fingerprint density at radius 3 is 2.38 bits per heavy atom. The first-order valence-corrected chi connectivity index (χ1v) is 10.8. The molecule has 9 heteroatoms. The number of halogens is 1. The van der Waals surface area contributed by atoms with Gasteiger partial charge in [-0.25, -0.2) is 4.39 Å². The zero-order valence-electron chi connectivity index (χ0n) is 18.0.